The summed E-state index contributed by atoms with van der Waals surface area (Å²) < 4.78 is 20.0. The summed E-state index contributed by atoms with van der Waals surface area (Å²) in [7, 11) is 0. The molecule has 4 aromatic rings. The van der Waals surface area contributed by atoms with Crippen molar-refractivity contribution in [1.29, 1.82) is 0 Å². The van der Waals surface area contributed by atoms with Gasteiger partial charge in [-0.2, -0.15) is 0 Å². The van der Waals surface area contributed by atoms with E-state index in [0.717, 1.165) is 23.0 Å². The topological polar surface area (TPSA) is 129 Å². The molecule has 10 nitrogen and oxygen atoms in total. The third-order valence-corrected chi connectivity index (χ3v) is 8.38. The van der Waals surface area contributed by atoms with Crippen LogP contribution < -0.4 is 11.2 Å². The summed E-state index contributed by atoms with van der Waals surface area (Å²) in [5.41, 5.74) is -1.40. The number of aryl methyl sites for hydroxylation is 1. The van der Waals surface area contributed by atoms with E-state index in [2.05, 4.69) is 4.98 Å². The molecule has 1 fully saturated rings. The van der Waals surface area contributed by atoms with Gasteiger partial charge in [0.05, 0.1) is 41.3 Å². The monoisotopic (exact) mass is 541 g/mol. The van der Waals surface area contributed by atoms with Crippen LogP contribution in [-0.4, -0.2) is 49.9 Å². The lowest BCUT2D eigenvalue weighted by molar-refractivity contribution is -0.116. The number of thiophene rings is 1. The highest BCUT2D eigenvalue weighted by atomic mass is 32.1. The molecule has 1 unspecified atom stereocenters. The van der Waals surface area contributed by atoms with E-state index in [9.17, 15) is 19.8 Å². The Morgan fingerprint density at radius 1 is 1.24 bits per heavy atom. The van der Waals surface area contributed by atoms with Gasteiger partial charge in [0.25, 0.3) is 5.56 Å². The second kappa shape index (κ2) is 10.6. The molecule has 0 spiro atoms. The van der Waals surface area contributed by atoms with Gasteiger partial charge in [-0.15, -0.1) is 11.3 Å². The van der Waals surface area contributed by atoms with E-state index in [1.54, 1.807) is 6.92 Å². The van der Waals surface area contributed by atoms with Gasteiger partial charge < -0.3 is 24.1 Å². The van der Waals surface area contributed by atoms with Crippen LogP contribution in [0, 0.1) is 6.92 Å². The number of aliphatic hydroxyl groups excluding tert-OH is 1. The summed E-state index contributed by atoms with van der Waals surface area (Å²) in [4.78, 5) is 33.0. The molecular weight excluding hydrogens is 510 g/mol. The molecule has 0 bridgehead atoms. The van der Waals surface area contributed by atoms with Crippen molar-refractivity contribution in [2.75, 3.05) is 13.2 Å². The number of fused-ring (bicyclic) bond motifs is 1. The van der Waals surface area contributed by atoms with Crippen LogP contribution in [0.5, 0.6) is 0 Å². The second-order valence-electron chi connectivity index (χ2n) is 10.0. The highest BCUT2D eigenvalue weighted by Gasteiger charge is 2.35. The van der Waals surface area contributed by atoms with E-state index in [1.807, 2.05) is 30.3 Å². The highest BCUT2D eigenvalue weighted by molar-refractivity contribution is 7.22. The SMILES string of the molecule is Cc1c(-c2ncco2)sc2c1c(=O)n(C(C)(C)C(O)O)c(=O)n2C[C@H](OCC1CCCO1)c1ccccc1. The Kier molecular flexibility index (Phi) is 7.38. The van der Waals surface area contributed by atoms with Gasteiger partial charge in [-0.1, -0.05) is 30.3 Å². The lowest BCUT2D eigenvalue weighted by atomic mass is 10.0. The molecule has 5 rings (SSSR count). The van der Waals surface area contributed by atoms with Crippen LogP contribution in [0.1, 0.15) is 43.9 Å². The zero-order valence-corrected chi connectivity index (χ0v) is 22.3. The molecule has 1 aliphatic heterocycles. The average Bonchev–Trinajstić information content (AvgIpc) is 3.66. The van der Waals surface area contributed by atoms with Crippen LogP contribution >= 0.6 is 11.3 Å². The predicted molar refractivity (Wildman–Crippen MR) is 142 cm³/mol. The number of ether oxygens (including phenoxy) is 2. The molecule has 1 aliphatic rings. The van der Waals surface area contributed by atoms with Crippen molar-refractivity contribution in [3.8, 4) is 10.8 Å². The predicted octanol–water partition coefficient (Wildman–Crippen LogP) is 3.17. The first kappa shape index (κ1) is 26.5. The summed E-state index contributed by atoms with van der Waals surface area (Å²) in [6.45, 7) is 5.80. The number of hydrogen-bond acceptors (Lipinski definition) is 9. The molecule has 3 aromatic heterocycles. The van der Waals surface area contributed by atoms with Crippen molar-refractivity contribution < 1.29 is 24.1 Å². The third kappa shape index (κ3) is 4.76. The van der Waals surface area contributed by atoms with E-state index in [-0.39, 0.29) is 12.6 Å². The Morgan fingerprint density at radius 2 is 2.00 bits per heavy atom. The van der Waals surface area contributed by atoms with Gasteiger partial charge in [-0.05, 0) is 44.7 Å². The van der Waals surface area contributed by atoms with Gasteiger partial charge in [0.2, 0.25) is 5.89 Å². The molecule has 0 radical (unpaired) electrons. The van der Waals surface area contributed by atoms with Crippen molar-refractivity contribution >= 4 is 21.6 Å². The Labute approximate surface area is 222 Å². The first-order valence-corrected chi connectivity index (χ1v) is 13.4. The summed E-state index contributed by atoms with van der Waals surface area (Å²) in [6.07, 6.45) is 2.34. The van der Waals surface area contributed by atoms with Crippen molar-refractivity contribution in [2.24, 2.45) is 0 Å². The molecule has 2 atom stereocenters. The lowest BCUT2D eigenvalue weighted by Crippen LogP contribution is -2.54. The average molecular weight is 542 g/mol. The zero-order valence-electron chi connectivity index (χ0n) is 21.5. The number of aliphatic hydroxyl groups is 2. The van der Waals surface area contributed by atoms with E-state index >= 15 is 0 Å². The van der Waals surface area contributed by atoms with Crippen molar-refractivity contribution in [3.63, 3.8) is 0 Å². The van der Waals surface area contributed by atoms with E-state index in [0.29, 0.717) is 39.8 Å². The number of hydrogen-bond donors (Lipinski definition) is 2. The second-order valence-corrected chi connectivity index (χ2v) is 11.0. The highest BCUT2D eigenvalue weighted by Crippen LogP contribution is 2.36. The van der Waals surface area contributed by atoms with Crippen molar-refractivity contribution in [3.05, 3.63) is 74.8 Å². The smallest absolute Gasteiger partial charge is 0.332 e. The normalized spacial score (nSPS) is 17.1. The standard InChI is InChI=1S/C27H31N3O7S/c1-16-20-23(31)30(27(2,3)25(32)33)26(34)29(24(20)38-21(16)22-28-11-13-36-22)14-19(17-8-5-4-6-9-17)37-15-18-10-7-12-35-18/h4-6,8-9,11,13,18-19,25,32-33H,7,10,12,14-15H2,1-3H3/t18?,19-/m0/s1. The number of benzene rings is 1. The van der Waals surface area contributed by atoms with Crippen LogP contribution in [0.3, 0.4) is 0 Å². The van der Waals surface area contributed by atoms with Crippen LogP contribution in [0.25, 0.3) is 21.0 Å². The van der Waals surface area contributed by atoms with Gasteiger partial charge in [0.15, 0.2) is 6.29 Å². The fraction of sp³-hybridized carbons (Fsp3) is 0.444. The van der Waals surface area contributed by atoms with Gasteiger partial charge >= 0.3 is 5.69 Å². The minimum absolute atomic E-state index is 0.0176. The van der Waals surface area contributed by atoms with E-state index in [1.165, 1.54) is 42.2 Å². The van der Waals surface area contributed by atoms with Crippen LogP contribution in [0.2, 0.25) is 0 Å². The van der Waals surface area contributed by atoms with Crippen molar-refractivity contribution in [1.82, 2.24) is 14.1 Å². The first-order chi connectivity index (χ1) is 18.2. The van der Waals surface area contributed by atoms with Crippen LogP contribution in [0.15, 0.2) is 56.8 Å². The fourth-order valence-electron chi connectivity index (χ4n) is 4.76. The largest absolute Gasteiger partial charge is 0.444 e. The molecule has 0 saturated carbocycles. The summed E-state index contributed by atoms with van der Waals surface area (Å²) in [5.74, 6) is 0.337. The first-order valence-electron chi connectivity index (χ1n) is 12.5. The maximum absolute atomic E-state index is 14.0. The number of nitrogens with zero attached hydrogens (tertiary/aromatic N) is 3. The Bertz CT molecular complexity index is 1510. The summed E-state index contributed by atoms with van der Waals surface area (Å²) in [5, 5.41) is 20.5. The molecule has 0 aliphatic carbocycles. The van der Waals surface area contributed by atoms with E-state index < -0.39 is 29.2 Å². The number of rotatable bonds is 9. The molecule has 11 heteroatoms. The summed E-state index contributed by atoms with van der Waals surface area (Å²) in [6, 6.07) is 9.56. The Morgan fingerprint density at radius 3 is 2.63 bits per heavy atom. The third-order valence-electron chi connectivity index (χ3n) is 7.07. The maximum Gasteiger partial charge on any atom is 0.332 e. The number of aromatic nitrogens is 3. The van der Waals surface area contributed by atoms with Gasteiger partial charge in [0, 0.05) is 6.61 Å². The fourth-order valence-corrected chi connectivity index (χ4v) is 6.00. The molecule has 0 amide bonds. The van der Waals surface area contributed by atoms with Crippen LogP contribution in [-0.2, 0) is 21.6 Å². The van der Waals surface area contributed by atoms with Gasteiger partial charge in [-0.3, -0.25) is 9.36 Å². The summed E-state index contributed by atoms with van der Waals surface area (Å²) >= 11 is 1.23. The van der Waals surface area contributed by atoms with Gasteiger partial charge in [0.1, 0.15) is 17.2 Å². The molecule has 2 N–H and O–H groups in total. The van der Waals surface area contributed by atoms with E-state index in [4.69, 9.17) is 13.9 Å². The minimum atomic E-state index is -1.95. The number of oxazole rings is 1. The Balaban J connectivity index is 1.70. The van der Waals surface area contributed by atoms with Crippen LogP contribution in [0.4, 0.5) is 0 Å². The molecule has 38 heavy (non-hydrogen) atoms. The quantitative estimate of drug-likeness (QED) is 0.309. The Hall–Kier alpha value is -3.09. The zero-order chi connectivity index (χ0) is 27.0. The minimum Gasteiger partial charge on any atom is -0.444 e. The molecule has 4 heterocycles. The molecule has 1 saturated heterocycles. The van der Waals surface area contributed by atoms with Crippen molar-refractivity contribution in [2.45, 2.75) is 64.2 Å². The molecule has 202 valence electrons. The maximum atomic E-state index is 14.0. The molecule has 1 aromatic carbocycles. The molecular formula is C27H31N3O7S. The van der Waals surface area contributed by atoms with Gasteiger partial charge in [-0.25, -0.2) is 14.3 Å². The lowest BCUT2D eigenvalue weighted by Gasteiger charge is -2.30.